The maximum Gasteiger partial charge on any atom is 0.127 e. The molecule has 0 spiro atoms. The van der Waals surface area contributed by atoms with Gasteiger partial charge in [0.2, 0.25) is 0 Å². The molecule has 2 aliphatic heterocycles. The lowest BCUT2D eigenvalue weighted by molar-refractivity contribution is 0.360. The molecule has 1 aromatic carbocycles. The van der Waals surface area contributed by atoms with Crippen molar-refractivity contribution < 1.29 is 4.74 Å². The average Bonchev–Trinajstić information content (AvgIpc) is 2.36. The predicted octanol–water partition coefficient (Wildman–Crippen LogP) is 4.17. The van der Waals surface area contributed by atoms with Crippen LogP contribution in [-0.2, 0) is 10.8 Å². The zero-order valence-electron chi connectivity index (χ0n) is 13.8. The van der Waals surface area contributed by atoms with E-state index in [2.05, 4.69) is 45.6 Å². The van der Waals surface area contributed by atoms with Gasteiger partial charge in [-0.15, -0.1) is 0 Å². The molecular weight excluding hydrogens is 246 g/mol. The molecule has 0 saturated carbocycles. The summed E-state index contributed by atoms with van der Waals surface area (Å²) in [5, 5.41) is 0. The van der Waals surface area contributed by atoms with Crippen molar-refractivity contribution in [3.8, 4) is 5.75 Å². The second-order valence-corrected chi connectivity index (χ2v) is 7.75. The van der Waals surface area contributed by atoms with E-state index in [1.165, 1.54) is 48.3 Å². The summed E-state index contributed by atoms with van der Waals surface area (Å²) in [7, 11) is 1.81. The van der Waals surface area contributed by atoms with Crippen molar-refractivity contribution in [1.29, 1.82) is 0 Å². The lowest BCUT2D eigenvalue weighted by Crippen LogP contribution is -2.45. The fraction of sp³-hybridized carbons (Fsp3) is 0.667. The van der Waals surface area contributed by atoms with Crippen molar-refractivity contribution in [2.24, 2.45) is 0 Å². The lowest BCUT2D eigenvalue weighted by atomic mass is 9.69. The number of anilines is 1. The van der Waals surface area contributed by atoms with Crippen molar-refractivity contribution in [2.45, 2.75) is 58.3 Å². The van der Waals surface area contributed by atoms with E-state index in [0.29, 0.717) is 0 Å². The first-order chi connectivity index (χ1) is 9.28. The molecule has 110 valence electrons. The van der Waals surface area contributed by atoms with Gasteiger partial charge in [-0.2, -0.15) is 0 Å². The van der Waals surface area contributed by atoms with Gasteiger partial charge in [0.15, 0.2) is 0 Å². The van der Waals surface area contributed by atoms with Gasteiger partial charge < -0.3 is 9.64 Å². The third kappa shape index (κ3) is 1.77. The molecule has 0 bridgehead atoms. The molecule has 3 rings (SSSR count). The Balaban J connectivity index is 2.38. The number of aryl methyl sites for hydroxylation is 1. The number of hydrogen-bond acceptors (Lipinski definition) is 2. The minimum Gasteiger partial charge on any atom is -0.496 e. The number of benzene rings is 1. The van der Waals surface area contributed by atoms with Crippen LogP contribution in [0.5, 0.6) is 5.75 Å². The van der Waals surface area contributed by atoms with Gasteiger partial charge in [0.05, 0.1) is 7.11 Å². The number of ether oxygens (including phenoxy) is 1. The van der Waals surface area contributed by atoms with Crippen LogP contribution >= 0.6 is 0 Å². The Bertz CT molecular complexity index is 555. The number of rotatable bonds is 1. The molecule has 2 heterocycles. The van der Waals surface area contributed by atoms with Crippen LogP contribution in [0.25, 0.3) is 0 Å². The molecule has 0 aliphatic carbocycles. The Morgan fingerprint density at radius 1 is 1.05 bits per heavy atom. The van der Waals surface area contributed by atoms with Crippen LogP contribution < -0.4 is 9.64 Å². The summed E-state index contributed by atoms with van der Waals surface area (Å²) in [5.74, 6) is 1.11. The highest BCUT2D eigenvalue weighted by Crippen LogP contribution is 2.53. The summed E-state index contributed by atoms with van der Waals surface area (Å²) < 4.78 is 5.79. The van der Waals surface area contributed by atoms with Crippen molar-refractivity contribution >= 4 is 5.69 Å². The van der Waals surface area contributed by atoms with Crippen LogP contribution in [0.1, 0.15) is 57.2 Å². The van der Waals surface area contributed by atoms with Crippen LogP contribution in [0.15, 0.2) is 6.07 Å². The van der Waals surface area contributed by atoms with E-state index in [-0.39, 0.29) is 10.8 Å². The van der Waals surface area contributed by atoms with E-state index in [0.717, 1.165) is 5.75 Å². The monoisotopic (exact) mass is 273 g/mol. The zero-order valence-corrected chi connectivity index (χ0v) is 13.8. The van der Waals surface area contributed by atoms with Gasteiger partial charge in [-0.1, -0.05) is 27.7 Å². The topological polar surface area (TPSA) is 12.5 Å². The molecule has 2 aliphatic rings. The number of nitrogens with zero attached hydrogens (tertiary/aromatic N) is 1. The summed E-state index contributed by atoms with van der Waals surface area (Å²) in [4.78, 5) is 2.59. The molecule has 0 N–H and O–H groups in total. The SMILES string of the molecule is COc1c(C)cc2c3c1C(C)(C)CCN3CCC2(C)C. The van der Waals surface area contributed by atoms with Crippen LogP contribution in [0.2, 0.25) is 0 Å². The average molecular weight is 273 g/mol. The highest BCUT2D eigenvalue weighted by Gasteiger charge is 2.42. The fourth-order valence-corrected chi connectivity index (χ4v) is 3.95. The van der Waals surface area contributed by atoms with E-state index < -0.39 is 0 Å². The molecule has 2 nitrogen and oxygen atoms in total. The molecule has 0 amide bonds. The summed E-state index contributed by atoms with van der Waals surface area (Å²) >= 11 is 0. The Kier molecular flexibility index (Phi) is 2.87. The first kappa shape index (κ1) is 13.8. The minimum atomic E-state index is 0.200. The second-order valence-electron chi connectivity index (χ2n) is 7.75. The molecule has 0 saturated heterocycles. The van der Waals surface area contributed by atoms with E-state index >= 15 is 0 Å². The summed E-state index contributed by atoms with van der Waals surface area (Å²) in [5.41, 5.74) is 6.18. The summed E-state index contributed by atoms with van der Waals surface area (Å²) in [6.07, 6.45) is 2.45. The smallest absolute Gasteiger partial charge is 0.127 e. The van der Waals surface area contributed by atoms with E-state index in [1.807, 2.05) is 7.11 Å². The van der Waals surface area contributed by atoms with Gasteiger partial charge in [0, 0.05) is 24.3 Å². The molecule has 0 atom stereocenters. The highest BCUT2D eigenvalue weighted by atomic mass is 16.5. The maximum absolute atomic E-state index is 5.79. The standard InChI is InChI=1S/C18H27NO/c1-12-11-13-15-14(16(12)20-6)18(4,5)8-10-19(15)9-7-17(13,2)3/h11H,7-10H2,1-6H3. The van der Waals surface area contributed by atoms with Crippen LogP contribution in [0, 0.1) is 6.92 Å². The summed E-state index contributed by atoms with van der Waals surface area (Å²) in [6.45, 7) is 14.0. The van der Waals surface area contributed by atoms with Gasteiger partial charge in [0.25, 0.3) is 0 Å². The van der Waals surface area contributed by atoms with Crippen molar-refractivity contribution in [3.05, 3.63) is 22.8 Å². The Morgan fingerprint density at radius 3 is 2.25 bits per heavy atom. The molecule has 1 aromatic rings. The molecule has 0 fully saturated rings. The van der Waals surface area contributed by atoms with E-state index in [4.69, 9.17) is 4.74 Å². The fourth-order valence-electron chi connectivity index (χ4n) is 3.95. The van der Waals surface area contributed by atoms with Crippen LogP contribution in [0.3, 0.4) is 0 Å². The lowest BCUT2D eigenvalue weighted by Gasteiger charge is -2.48. The normalized spacial score (nSPS) is 22.4. The third-order valence-corrected chi connectivity index (χ3v) is 5.38. The predicted molar refractivity (Wildman–Crippen MR) is 85.2 cm³/mol. The zero-order chi connectivity index (χ0) is 14.7. The Morgan fingerprint density at radius 2 is 1.65 bits per heavy atom. The van der Waals surface area contributed by atoms with Crippen molar-refractivity contribution in [3.63, 3.8) is 0 Å². The number of methoxy groups -OCH3 is 1. The Labute approximate surface area is 123 Å². The molecule has 0 aromatic heterocycles. The van der Waals surface area contributed by atoms with Crippen LogP contribution in [0.4, 0.5) is 5.69 Å². The van der Waals surface area contributed by atoms with Gasteiger partial charge >= 0.3 is 0 Å². The van der Waals surface area contributed by atoms with Gasteiger partial charge in [-0.05, 0) is 47.8 Å². The number of hydrogen-bond donors (Lipinski definition) is 0. The summed E-state index contributed by atoms with van der Waals surface area (Å²) in [6, 6.07) is 2.37. The molecule has 2 heteroatoms. The van der Waals surface area contributed by atoms with Gasteiger partial charge in [-0.3, -0.25) is 0 Å². The van der Waals surface area contributed by atoms with Crippen LogP contribution in [-0.4, -0.2) is 20.2 Å². The van der Waals surface area contributed by atoms with Crippen molar-refractivity contribution in [1.82, 2.24) is 0 Å². The molecular formula is C18H27NO. The minimum absolute atomic E-state index is 0.200. The first-order valence-corrected chi connectivity index (χ1v) is 7.75. The molecule has 0 unspecified atom stereocenters. The molecule has 20 heavy (non-hydrogen) atoms. The van der Waals surface area contributed by atoms with E-state index in [9.17, 15) is 0 Å². The highest BCUT2D eigenvalue weighted by molar-refractivity contribution is 5.73. The first-order valence-electron chi connectivity index (χ1n) is 7.75. The van der Waals surface area contributed by atoms with Gasteiger partial charge in [0.1, 0.15) is 5.75 Å². The Hall–Kier alpha value is -1.18. The largest absolute Gasteiger partial charge is 0.496 e. The second kappa shape index (κ2) is 4.16. The van der Waals surface area contributed by atoms with E-state index in [1.54, 1.807) is 0 Å². The van der Waals surface area contributed by atoms with Crippen molar-refractivity contribution in [2.75, 3.05) is 25.1 Å². The van der Waals surface area contributed by atoms with Gasteiger partial charge in [-0.25, -0.2) is 0 Å². The maximum atomic E-state index is 5.79. The quantitative estimate of drug-likeness (QED) is 0.761. The molecule has 0 radical (unpaired) electrons. The third-order valence-electron chi connectivity index (χ3n) is 5.38.